The van der Waals surface area contributed by atoms with E-state index in [4.69, 9.17) is 4.74 Å². The molecule has 0 spiro atoms. The van der Waals surface area contributed by atoms with Gasteiger partial charge in [0.1, 0.15) is 0 Å². The van der Waals surface area contributed by atoms with Crippen molar-refractivity contribution in [1.82, 2.24) is 10.4 Å². The molecule has 0 bridgehead atoms. The number of nitrogens with zero attached hydrogens (tertiary/aromatic N) is 1. The van der Waals surface area contributed by atoms with Crippen molar-refractivity contribution in [2.45, 2.75) is 38.7 Å². The summed E-state index contributed by atoms with van der Waals surface area (Å²) in [6, 6.07) is 8.93. The molecular weight excluding hydrogens is 338 g/mol. The van der Waals surface area contributed by atoms with Crippen molar-refractivity contribution in [2.75, 3.05) is 5.43 Å². The zero-order chi connectivity index (χ0) is 17.9. The Morgan fingerprint density at radius 1 is 1.40 bits per heavy atom. The van der Waals surface area contributed by atoms with Gasteiger partial charge in [-0.25, -0.2) is 4.98 Å². The Morgan fingerprint density at radius 3 is 2.88 bits per heavy atom. The summed E-state index contributed by atoms with van der Waals surface area (Å²) in [5.41, 5.74) is 6.01. The van der Waals surface area contributed by atoms with E-state index in [1.54, 1.807) is 24.3 Å². The average molecular weight is 359 g/mol. The largest absolute Gasteiger partial charge is 0.453 e. The topological polar surface area (TPSA) is 80.3 Å². The lowest BCUT2D eigenvalue weighted by Gasteiger charge is -2.19. The second-order valence-electron chi connectivity index (χ2n) is 6.32. The molecular formula is C18H21N3O3S. The molecule has 3 rings (SSSR count). The Labute approximate surface area is 150 Å². The SMILES string of the molecule is CCC[C@H]1C[C@@](C)(c2csc(NNC(=O)c3ccccc3)n2)OC1=O. The van der Waals surface area contributed by atoms with Crippen LogP contribution in [0.15, 0.2) is 35.7 Å². The summed E-state index contributed by atoms with van der Waals surface area (Å²) < 4.78 is 5.60. The number of hydrogen-bond acceptors (Lipinski definition) is 6. The minimum absolute atomic E-state index is 0.0640. The van der Waals surface area contributed by atoms with E-state index in [-0.39, 0.29) is 17.8 Å². The van der Waals surface area contributed by atoms with E-state index in [2.05, 4.69) is 22.8 Å². The standard InChI is InChI=1S/C18H21N3O3S/c1-3-7-13-10-18(2,24-16(13)23)14-11-25-17(19-14)21-20-15(22)12-8-5-4-6-9-12/h4-6,8-9,11,13H,3,7,10H2,1-2H3,(H,19,21)(H,20,22)/t13-,18-/m0/s1. The van der Waals surface area contributed by atoms with Crippen LogP contribution in [0.2, 0.25) is 0 Å². The molecule has 1 aliphatic heterocycles. The number of carbonyl (C=O) groups excluding carboxylic acids is 2. The van der Waals surface area contributed by atoms with Crippen LogP contribution in [0.25, 0.3) is 0 Å². The maximum absolute atomic E-state index is 12.0. The molecule has 25 heavy (non-hydrogen) atoms. The van der Waals surface area contributed by atoms with Gasteiger partial charge in [0.25, 0.3) is 5.91 Å². The molecule has 2 heterocycles. The molecule has 1 aromatic carbocycles. The highest BCUT2D eigenvalue weighted by atomic mass is 32.1. The van der Waals surface area contributed by atoms with Crippen LogP contribution in [0.4, 0.5) is 5.13 Å². The summed E-state index contributed by atoms with van der Waals surface area (Å²) in [5, 5.41) is 2.41. The number of nitrogens with one attached hydrogen (secondary N) is 2. The van der Waals surface area contributed by atoms with Gasteiger partial charge in [0.15, 0.2) is 5.60 Å². The number of hydrazine groups is 1. The first kappa shape index (κ1) is 17.4. The van der Waals surface area contributed by atoms with E-state index in [9.17, 15) is 9.59 Å². The molecule has 0 radical (unpaired) electrons. The molecule has 0 saturated carbocycles. The lowest BCUT2D eigenvalue weighted by Crippen LogP contribution is -2.29. The Bertz CT molecular complexity index is 762. The molecule has 1 fully saturated rings. The van der Waals surface area contributed by atoms with Gasteiger partial charge >= 0.3 is 5.97 Å². The number of thiazole rings is 1. The summed E-state index contributed by atoms with van der Waals surface area (Å²) in [6.45, 7) is 3.95. The van der Waals surface area contributed by atoms with Gasteiger partial charge in [-0.3, -0.25) is 20.4 Å². The van der Waals surface area contributed by atoms with Gasteiger partial charge in [0, 0.05) is 17.4 Å². The second-order valence-corrected chi connectivity index (χ2v) is 7.18. The van der Waals surface area contributed by atoms with Crippen molar-refractivity contribution in [3.05, 3.63) is 47.0 Å². The van der Waals surface area contributed by atoms with Gasteiger partial charge in [0.05, 0.1) is 11.6 Å². The van der Waals surface area contributed by atoms with E-state index in [0.717, 1.165) is 12.8 Å². The van der Waals surface area contributed by atoms with Crippen molar-refractivity contribution in [3.8, 4) is 0 Å². The Morgan fingerprint density at radius 2 is 2.16 bits per heavy atom. The van der Waals surface area contributed by atoms with E-state index in [0.29, 0.717) is 22.8 Å². The summed E-state index contributed by atoms with van der Waals surface area (Å²) in [4.78, 5) is 28.5. The zero-order valence-corrected chi connectivity index (χ0v) is 15.1. The third kappa shape index (κ3) is 3.82. The first-order valence-corrected chi connectivity index (χ1v) is 9.20. The van der Waals surface area contributed by atoms with E-state index in [1.807, 2.05) is 18.4 Å². The van der Waals surface area contributed by atoms with Gasteiger partial charge < -0.3 is 4.74 Å². The number of cyclic esters (lactones) is 1. The third-order valence-corrected chi connectivity index (χ3v) is 5.05. The van der Waals surface area contributed by atoms with E-state index >= 15 is 0 Å². The average Bonchev–Trinajstić information content (AvgIpc) is 3.20. The Balaban J connectivity index is 1.63. The molecule has 2 aromatic rings. The van der Waals surface area contributed by atoms with Crippen molar-refractivity contribution in [2.24, 2.45) is 5.92 Å². The first-order valence-electron chi connectivity index (χ1n) is 8.32. The molecule has 1 saturated heterocycles. The predicted octanol–water partition coefficient (Wildman–Crippen LogP) is 3.48. The fraction of sp³-hybridized carbons (Fsp3) is 0.389. The van der Waals surface area contributed by atoms with Crippen LogP contribution < -0.4 is 10.9 Å². The number of benzene rings is 1. The lowest BCUT2D eigenvalue weighted by atomic mass is 9.91. The van der Waals surface area contributed by atoms with Gasteiger partial charge in [-0.15, -0.1) is 11.3 Å². The second kappa shape index (κ2) is 7.23. The van der Waals surface area contributed by atoms with Crippen LogP contribution in [0.3, 0.4) is 0 Å². The van der Waals surface area contributed by atoms with Crippen molar-refractivity contribution < 1.29 is 14.3 Å². The van der Waals surface area contributed by atoms with E-state index < -0.39 is 5.60 Å². The molecule has 0 aliphatic carbocycles. The number of esters is 1. The van der Waals surface area contributed by atoms with Gasteiger partial charge in [-0.1, -0.05) is 31.5 Å². The summed E-state index contributed by atoms with van der Waals surface area (Å²) >= 11 is 1.36. The Hall–Kier alpha value is -2.41. The smallest absolute Gasteiger partial charge is 0.310 e. The monoisotopic (exact) mass is 359 g/mol. The molecule has 2 N–H and O–H groups in total. The highest BCUT2D eigenvalue weighted by Crippen LogP contribution is 2.41. The number of carbonyl (C=O) groups is 2. The van der Waals surface area contributed by atoms with Gasteiger partial charge in [-0.05, 0) is 25.5 Å². The molecule has 132 valence electrons. The molecule has 0 unspecified atom stereocenters. The number of rotatable bonds is 6. The molecule has 1 aliphatic rings. The minimum Gasteiger partial charge on any atom is -0.453 e. The fourth-order valence-corrected chi connectivity index (χ4v) is 3.76. The summed E-state index contributed by atoms with van der Waals surface area (Å²) in [6.07, 6.45) is 2.42. The van der Waals surface area contributed by atoms with Crippen molar-refractivity contribution in [3.63, 3.8) is 0 Å². The molecule has 2 atom stereocenters. The molecule has 7 heteroatoms. The maximum Gasteiger partial charge on any atom is 0.310 e. The number of amides is 1. The molecule has 6 nitrogen and oxygen atoms in total. The van der Waals surface area contributed by atoms with Crippen LogP contribution in [-0.2, 0) is 15.1 Å². The summed E-state index contributed by atoms with van der Waals surface area (Å²) in [7, 11) is 0. The van der Waals surface area contributed by atoms with Crippen LogP contribution in [0, 0.1) is 5.92 Å². The maximum atomic E-state index is 12.0. The molecule has 1 aromatic heterocycles. The number of ether oxygens (including phenoxy) is 1. The van der Waals surface area contributed by atoms with Gasteiger partial charge in [-0.2, -0.15) is 0 Å². The fourth-order valence-electron chi connectivity index (χ4n) is 2.97. The Kier molecular flexibility index (Phi) is 5.03. The first-order chi connectivity index (χ1) is 12.0. The third-order valence-electron chi connectivity index (χ3n) is 4.30. The number of aromatic nitrogens is 1. The quantitative estimate of drug-likeness (QED) is 0.610. The summed E-state index contributed by atoms with van der Waals surface area (Å²) in [5.74, 6) is -0.450. The van der Waals surface area contributed by atoms with Crippen LogP contribution >= 0.6 is 11.3 Å². The zero-order valence-electron chi connectivity index (χ0n) is 14.2. The van der Waals surface area contributed by atoms with Crippen molar-refractivity contribution in [1.29, 1.82) is 0 Å². The number of anilines is 1. The predicted molar refractivity (Wildman–Crippen MR) is 96.1 cm³/mol. The minimum atomic E-state index is -0.698. The van der Waals surface area contributed by atoms with Crippen LogP contribution in [-0.4, -0.2) is 16.9 Å². The van der Waals surface area contributed by atoms with E-state index in [1.165, 1.54) is 11.3 Å². The normalized spacial score (nSPS) is 22.5. The van der Waals surface area contributed by atoms with Crippen LogP contribution in [0.5, 0.6) is 0 Å². The highest BCUT2D eigenvalue weighted by Gasteiger charge is 2.45. The van der Waals surface area contributed by atoms with Crippen molar-refractivity contribution >= 4 is 28.3 Å². The molecule has 1 amide bonds. The van der Waals surface area contributed by atoms with Crippen LogP contribution in [0.1, 0.15) is 49.2 Å². The highest BCUT2D eigenvalue weighted by molar-refractivity contribution is 7.13. The van der Waals surface area contributed by atoms with Gasteiger partial charge in [0.2, 0.25) is 5.13 Å². The number of hydrogen-bond donors (Lipinski definition) is 2. The lowest BCUT2D eigenvalue weighted by molar-refractivity contribution is -0.150.